The number of piperidine rings is 1. The molecule has 3 rings (SSSR count). The molecule has 1 saturated carbocycles. The highest BCUT2D eigenvalue weighted by atomic mass is 19.1. The molecule has 1 N–H and O–H groups in total. The molecule has 0 radical (unpaired) electrons. The molecule has 1 heterocycles. The minimum absolute atomic E-state index is 0.329. The second-order valence-corrected chi connectivity index (χ2v) is 5.66. The van der Waals surface area contributed by atoms with Crippen LogP contribution in [0.4, 0.5) is 8.78 Å². The predicted octanol–water partition coefficient (Wildman–Crippen LogP) is 2.68. The quantitative estimate of drug-likeness (QED) is 0.901. The molecular formula is C15H20F2N2. The number of nitrogens with zero attached hydrogens (tertiary/aromatic N) is 1. The summed E-state index contributed by atoms with van der Waals surface area (Å²) in [5, 5.41) is 3.35. The maximum absolute atomic E-state index is 13.5. The van der Waals surface area contributed by atoms with Crippen molar-refractivity contribution in [3.63, 3.8) is 0 Å². The van der Waals surface area contributed by atoms with Crippen LogP contribution in [-0.2, 0) is 6.54 Å². The summed E-state index contributed by atoms with van der Waals surface area (Å²) < 4.78 is 26.5. The molecule has 0 spiro atoms. The first-order valence-electron chi connectivity index (χ1n) is 7.14. The molecular weight excluding hydrogens is 246 g/mol. The van der Waals surface area contributed by atoms with E-state index in [9.17, 15) is 8.78 Å². The van der Waals surface area contributed by atoms with Crippen LogP contribution in [0.5, 0.6) is 0 Å². The molecule has 19 heavy (non-hydrogen) atoms. The average molecular weight is 266 g/mol. The van der Waals surface area contributed by atoms with Crippen molar-refractivity contribution in [1.82, 2.24) is 10.2 Å². The van der Waals surface area contributed by atoms with E-state index in [4.69, 9.17) is 0 Å². The molecule has 1 aromatic rings. The molecule has 2 nitrogen and oxygen atoms in total. The van der Waals surface area contributed by atoms with Crippen molar-refractivity contribution in [2.45, 2.75) is 44.3 Å². The van der Waals surface area contributed by atoms with Gasteiger partial charge in [-0.3, -0.25) is 0 Å². The Bertz CT molecular complexity index is 438. The lowest BCUT2D eigenvalue weighted by molar-refractivity contribution is 0.189. The lowest BCUT2D eigenvalue weighted by Gasteiger charge is -2.32. The van der Waals surface area contributed by atoms with Crippen molar-refractivity contribution in [2.75, 3.05) is 13.1 Å². The van der Waals surface area contributed by atoms with Crippen LogP contribution in [0.1, 0.15) is 31.2 Å². The normalized spacial score (nSPS) is 21.8. The largest absolute Gasteiger partial charge is 0.310 e. The fraction of sp³-hybridized carbons (Fsp3) is 0.600. The molecule has 0 amide bonds. The smallest absolute Gasteiger partial charge is 0.127 e. The molecule has 0 bridgehead atoms. The number of nitrogens with one attached hydrogen (secondary N) is 1. The molecule has 0 aromatic heterocycles. The van der Waals surface area contributed by atoms with Gasteiger partial charge in [-0.1, -0.05) is 0 Å². The van der Waals surface area contributed by atoms with Gasteiger partial charge in [0.1, 0.15) is 11.6 Å². The number of hydrogen-bond acceptors (Lipinski definition) is 2. The number of likely N-dealkylation sites (tertiary alicyclic amines) is 1. The number of hydrogen-bond donors (Lipinski definition) is 1. The predicted molar refractivity (Wildman–Crippen MR) is 70.8 cm³/mol. The summed E-state index contributed by atoms with van der Waals surface area (Å²) in [7, 11) is 0. The molecule has 104 valence electrons. The number of benzene rings is 1. The summed E-state index contributed by atoms with van der Waals surface area (Å²) in [6.45, 7) is 2.68. The SMILES string of the molecule is Fc1ccc(F)c(CNC2CCN(C3CC3)CC2)c1. The Hall–Kier alpha value is -1.00. The second-order valence-electron chi connectivity index (χ2n) is 5.66. The van der Waals surface area contributed by atoms with Crippen molar-refractivity contribution >= 4 is 0 Å². The molecule has 4 heteroatoms. The molecule has 1 aromatic carbocycles. The molecule has 1 aliphatic carbocycles. The summed E-state index contributed by atoms with van der Waals surface area (Å²) in [6.07, 6.45) is 4.92. The molecule has 1 saturated heterocycles. The molecule has 1 aliphatic heterocycles. The van der Waals surface area contributed by atoms with Gasteiger partial charge in [0.25, 0.3) is 0 Å². The van der Waals surface area contributed by atoms with E-state index < -0.39 is 0 Å². The third-order valence-corrected chi connectivity index (χ3v) is 4.18. The first-order chi connectivity index (χ1) is 9.22. The van der Waals surface area contributed by atoms with Crippen LogP contribution < -0.4 is 5.32 Å². The summed E-state index contributed by atoms with van der Waals surface area (Å²) in [5.74, 6) is -0.703. The van der Waals surface area contributed by atoms with Crippen LogP contribution in [0.2, 0.25) is 0 Å². The van der Waals surface area contributed by atoms with E-state index in [0.717, 1.165) is 38.0 Å². The Labute approximate surface area is 112 Å². The topological polar surface area (TPSA) is 15.3 Å². The van der Waals surface area contributed by atoms with E-state index in [-0.39, 0.29) is 11.6 Å². The second kappa shape index (κ2) is 5.55. The lowest BCUT2D eigenvalue weighted by Crippen LogP contribution is -2.43. The van der Waals surface area contributed by atoms with Gasteiger partial charge in [-0.05, 0) is 57.0 Å². The third kappa shape index (κ3) is 3.31. The van der Waals surface area contributed by atoms with Crippen LogP contribution in [0, 0.1) is 11.6 Å². The summed E-state index contributed by atoms with van der Waals surface area (Å²) >= 11 is 0. The van der Waals surface area contributed by atoms with E-state index in [1.54, 1.807) is 0 Å². The van der Waals surface area contributed by atoms with Crippen molar-refractivity contribution in [1.29, 1.82) is 0 Å². The number of rotatable bonds is 4. The van der Waals surface area contributed by atoms with Gasteiger partial charge in [0.15, 0.2) is 0 Å². The summed E-state index contributed by atoms with van der Waals surface area (Å²) in [4.78, 5) is 2.56. The van der Waals surface area contributed by atoms with E-state index in [2.05, 4.69) is 10.2 Å². The van der Waals surface area contributed by atoms with E-state index >= 15 is 0 Å². The van der Waals surface area contributed by atoms with Crippen LogP contribution in [-0.4, -0.2) is 30.1 Å². The van der Waals surface area contributed by atoms with Gasteiger partial charge in [-0.25, -0.2) is 8.78 Å². The molecule has 2 aliphatic rings. The Morgan fingerprint density at radius 1 is 1.11 bits per heavy atom. The maximum Gasteiger partial charge on any atom is 0.127 e. The zero-order valence-corrected chi connectivity index (χ0v) is 11.0. The average Bonchev–Trinajstić information content (AvgIpc) is 3.25. The van der Waals surface area contributed by atoms with E-state index in [0.29, 0.717) is 18.2 Å². The van der Waals surface area contributed by atoms with Crippen molar-refractivity contribution < 1.29 is 8.78 Å². The Balaban J connectivity index is 1.48. The Morgan fingerprint density at radius 2 is 1.84 bits per heavy atom. The van der Waals surface area contributed by atoms with Gasteiger partial charge in [-0.15, -0.1) is 0 Å². The van der Waals surface area contributed by atoms with Crippen molar-refractivity contribution in [3.8, 4) is 0 Å². The molecule has 2 fully saturated rings. The fourth-order valence-corrected chi connectivity index (χ4v) is 2.84. The highest BCUT2D eigenvalue weighted by Gasteiger charge is 2.31. The standard InChI is InChI=1S/C15H20F2N2/c16-12-1-4-15(17)11(9-12)10-18-13-5-7-19(8-6-13)14-2-3-14/h1,4,9,13-14,18H,2-3,5-8,10H2. The van der Waals surface area contributed by atoms with Crippen molar-refractivity contribution in [2.24, 2.45) is 0 Å². The van der Waals surface area contributed by atoms with Gasteiger partial charge in [0, 0.05) is 24.2 Å². The third-order valence-electron chi connectivity index (χ3n) is 4.18. The minimum atomic E-state index is -0.373. The Kier molecular flexibility index (Phi) is 3.80. The van der Waals surface area contributed by atoms with Gasteiger partial charge >= 0.3 is 0 Å². The summed E-state index contributed by atoms with van der Waals surface area (Å²) in [6, 6.07) is 4.90. The van der Waals surface area contributed by atoms with Crippen molar-refractivity contribution in [3.05, 3.63) is 35.4 Å². The van der Waals surface area contributed by atoms with Crippen LogP contribution in [0.15, 0.2) is 18.2 Å². The number of halogens is 2. The zero-order chi connectivity index (χ0) is 13.2. The lowest BCUT2D eigenvalue weighted by atomic mass is 10.0. The monoisotopic (exact) mass is 266 g/mol. The maximum atomic E-state index is 13.5. The molecule has 0 atom stereocenters. The Morgan fingerprint density at radius 3 is 2.53 bits per heavy atom. The van der Waals surface area contributed by atoms with Gasteiger partial charge < -0.3 is 10.2 Å². The highest BCUT2D eigenvalue weighted by Crippen LogP contribution is 2.29. The van der Waals surface area contributed by atoms with Gasteiger partial charge in [-0.2, -0.15) is 0 Å². The first-order valence-corrected chi connectivity index (χ1v) is 7.14. The molecule has 0 unspecified atom stereocenters. The first kappa shape index (κ1) is 13.0. The van der Waals surface area contributed by atoms with Crippen LogP contribution >= 0.6 is 0 Å². The summed E-state index contributed by atoms with van der Waals surface area (Å²) in [5.41, 5.74) is 0.421. The van der Waals surface area contributed by atoms with Crippen LogP contribution in [0.25, 0.3) is 0 Å². The van der Waals surface area contributed by atoms with E-state index in [1.807, 2.05) is 0 Å². The highest BCUT2D eigenvalue weighted by molar-refractivity contribution is 5.18. The van der Waals surface area contributed by atoms with Crippen LogP contribution in [0.3, 0.4) is 0 Å². The van der Waals surface area contributed by atoms with Gasteiger partial charge in [0.05, 0.1) is 0 Å². The zero-order valence-electron chi connectivity index (χ0n) is 11.0. The minimum Gasteiger partial charge on any atom is -0.310 e. The van der Waals surface area contributed by atoms with E-state index in [1.165, 1.54) is 25.0 Å². The fourth-order valence-electron chi connectivity index (χ4n) is 2.84. The van der Waals surface area contributed by atoms with Gasteiger partial charge in [0.2, 0.25) is 0 Å².